The first-order valence-electron chi connectivity index (χ1n) is 10.6. The molecule has 4 aromatic rings. The number of nitrogens with one attached hydrogen (secondary N) is 2. The molecule has 34 heavy (non-hydrogen) atoms. The van der Waals surface area contributed by atoms with Crippen LogP contribution >= 0.6 is 0 Å². The molecule has 0 radical (unpaired) electrons. The largest absolute Gasteiger partial charge is 0.396 e. The molecule has 1 heterocycles. The van der Waals surface area contributed by atoms with Crippen molar-refractivity contribution < 1.29 is 9.59 Å². The number of hydrogen-bond acceptors (Lipinski definition) is 6. The fourth-order valence-electron chi connectivity index (χ4n) is 3.77. The molecule has 6 N–H and O–H groups in total. The lowest BCUT2D eigenvalue weighted by molar-refractivity contribution is -0.144. The third kappa shape index (κ3) is 4.71. The van der Waals surface area contributed by atoms with Crippen LogP contribution in [0.2, 0.25) is 0 Å². The van der Waals surface area contributed by atoms with E-state index in [1.54, 1.807) is 0 Å². The molecule has 4 rings (SSSR count). The van der Waals surface area contributed by atoms with Crippen molar-refractivity contribution in [2.75, 3.05) is 16.8 Å². The Bertz CT molecular complexity index is 1370. The normalized spacial score (nSPS) is 10.6. The fraction of sp³-hybridized carbons (Fsp3) is 0.0769. The molecule has 1 aromatic heterocycles. The van der Waals surface area contributed by atoms with E-state index in [0.717, 1.165) is 28.1 Å². The molecule has 8 nitrogen and oxygen atoms in total. The summed E-state index contributed by atoms with van der Waals surface area (Å²) in [6.45, 7) is 0.487. The highest BCUT2D eigenvalue weighted by molar-refractivity contribution is 6.39. The maximum absolute atomic E-state index is 13.3. The van der Waals surface area contributed by atoms with Crippen LogP contribution in [0.4, 0.5) is 17.2 Å². The zero-order valence-corrected chi connectivity index (χ0v) is 18.4. The number of benzene rings is 3. The molecule has 0 bridgehead atoms. The number of carbonyl (C=O) groups is 2. The quantitative estimate of drug-likeness (QED) is 0.262. The van der Waals surface area contributed by atoms with Crippen LogP contribution in [0, 0.1) is 5.41 Å². The Hall–Kier alpha value is -4.72. The topological polar surface area (TPSA) is 138 Å². The molecule has 0 aliphatic rings. The molecule has 8 heteroatoms. The van der Waals surface area contributed by atoms with E-state index in [0.29, 0.717) is 0 Å². The van der Waals surface area contributed by atoms with Crippen molar-refractivity contribution in [1.82, 2.24) is 9.88 Å². The molecule has 0 fully saturated rings. The third-order valence-corrected chi connectivity index (χ3v) is 5.52. The van der Waals surface area contributed by atoms with Gasteiger partial charge < -0.3 is 27.1 Å². The van der Waals surface area contributed by atoms with E-state index in [2.05, 4.69) is 10.3 Å². The summed E-state index contributed by atoms with van der Waals surface area (Å²) in [6.07, 6.45) is 2.23. The maximum Gasteiger partial charge on any atom is 0.314 e. The first-order chi connectivity index (χ1) is 16.5. The number of carbonyl (C=O) groups excluding carboxylic acids is 2. The summed E-state index contributed by atoms with van der Waals surface area (Å²) in [5.41, 5.74) is 13.9. The second-order valence-corrected chi connectivity index (χ2v) is 7.77. The molecule has 3 aromatic carbocycles. The van der Waals surface area contributed by atoms with Gasteiger partial charge in [0, 0.05) is 19.3 Å². The molecule has 2 amide bonds. The smallest absolute Gasteiger partial charge is 0.314 e. The van der Waals surface area contributed by atoms with Crippen molar-refractivity contribution in [2.24, 2.45) is 0 Å². The lowest BCUT2D eigenvalue weighted by Crippen LogP contribution is -2.39. The van der Waals surface area contributed by atoms with Gasteiger partial charge in [-0.25, -0.2) is 4.98 Å². The third-order valence-electron chi connectivity index (χ3n) is 5.52. The number of amides is 2. The van der Waals surface area contributed by atoms with E-state index in [4.69, 9.17) is 16.9 Å². The van der Waals surface area contributed by atoms with E-state index in [-0.39, 0.29) is 35.8 Å². The predicted molar refractivity (Wildman–Crippen MR) is 134 cm³/mol. The molecule has 0 aliphatic carbocycles. The van der Waals surface area contributed by atoms with Gasteiger partial charge in [0.05, 0.1) is 23.1 Å². The summed E-state index contributed by atoms with van der Waals surface area (Å²) in [6, 6.07) is 23.3. The average molecular weight is 453 g/mol. The Balaban J connectivity index is 1.64. The Kier molecular flexibility index (Phi) is 6.49. The van der Waals surface area contributed by atoms with Crippen molar-refractivity contribution >= 4 is 46.0 Å². The van der Waals surface area contributed by atoms with Crippen LogP contribution < -0.4 is 16.8 Å². The molecular formula is C26H24N6O2. The van der Waals surface area contributed by atoms with Gasteiger partial charge in [-0.1, -0.05) is 72.8 Å². The van der Waals surface area contributed by atoms with Gasteiger partial charge in [-0.15, -0.1) is 0 Å². The highest BCUT2D eigenvalue weighted by atomic mass is 16.2. The number of aromatic nitrogens is 1. The van der Waals surface area contributed by atoms with Crippen molar-refractivity contribution in [3.63, 3.8) is 0 Å². The highest BCUT2D eigenvalue weighted by Crippen LogP contribution is 2.25. The standard InChI is InChI=1S/C26H24N6O2/c27-13-21-23(28)22(14-30-24(21)29)31-25(33)26(34)32(15-17-7-2-1-3-8-17)16-19-11-6-10-18-9-4-5-12-20(18)19/h1-14,27H,15-16H2,(H,31,33)(H4,28,29,30). The summed E-state index contributed by atoms with van der Waals surface area (Å²) < 4.78 is 0. The molecule has 0 atom stereocenters. The van der Waals surface area contributed by atoms with Gasteiger partial charge in [0.25, 0.3) is 0 Å². The molecule has 170 valence electrons. The lowest BCUT2D eigenvalue weighted by Gasteiger charge is -2.23. The number of rotatable bonds is 6. The maximum atomic E-state index is 13.3. The zero-order valence-electron chi connectivity index (χ0n) is 18.4. The molecule has 0 spiro atoms. The van der Waals surface area contributed by atoms with Gasteiger partial charge >= 0.3 is 11.8 Å². The highest BCUT2D eigenvalue weighted by Gasteiger charge is 2.24. The number of anilines is 3. The zero-order chi connectivity index (χ0) is 24.1. The van der Waals surface area contributed by atoms with E-state index in [9.17, 15) is 9.59 Å². The van der Waals surface area contributed by atoms with Gasteiger partial charge in [-0.2, -0.15) is 0 Å². The number of nitrogens with zero attached hydrogens (tertiary/aromatic N) is 2. The van der Waals surface area contributed by atoms with Crippen LogP contribution in [-0.4, -0.2) is 27.9 Å². The summed E-state index contributed by atoms with van der Waals surface area (Å²) in [4.78, 5) is 31.7. The lowest BCUT2D eigenvalue weighted by atomic mass is 10.0. The predicted octanol–water partition coefficient (Wildman–Crippen LogP) is 3.56. The fourth-order valence-corrected chi connectivity index (χ4v) is 3.77. The average Bonchev–Trinajstić information content (AvgIpc) is 2.86. The monoisotopic (exact) mass is 452 g/mol. The van der Waals surface area contributed by atoms with E-state index >= 15 is 0 Å². The van der Waals surface area contributed by atoms with Gasteiger partial charge in [-0.3, -0.25) is 9.59 Å². The van der Waals surface area contributed by atoms with Crippen LogP contribution in [0.15, 0.2) is 79.0 Å². The number of nitrogens with two attached hydrogens (primary N) is 2. The van der Waals surface area contributed by atoms with E-state index < -0.39 is 11.8 Å². The van der Waals surface area contributed by atoms with Gasteiger partial charge in [0.1, 0.15) is 5.82 Å². The van der Waals surface area contributed by atoms with Crippen LogP contribution in [0.1, 0.15) is 16.7 Å². The van der Waals surface area contributed by atoms with Crippen molar-refractivity contribution in [3.05, 3.63) is 95.7 Å². The summed E-state index contributed by atoms with van der Waals surface area (Å²) in [5, 5.41) is 12.1. The van der Waals surface area contributed by atoms with E-state index in [1.807, 2.05) is 72.8 Å². The molecule has 0 saturated heterocycles. The number of fused-ring (bicyclic) bond motifs is 1. The summed E-state index contributed by atoms with van der Waals surface area (Å²) in [7, 11) is 0. The molecule has 0 saturated carbocycles. The molecular weight excluding hydrogens is 428 g/mol. The van der Waals surface area contributed by atoms with Crippen LogP contribution in [0.3, 0.4) is 0 Å². The van der Waals surface area contributed by atoms with Crippen LogP contribution in [0.25, 0.3) is 10.8 Å². The number of pyridine rings is 1. The SMILES string of the molecule is N=Cc1c(N)ncc(NC(=O)C(=O)N(Cc2ccccc2)Cc2cccc3ccccc23)c1N. The number of nitrogen functional groups attached to an aromatic ring is 2. The summed E-state index contributed by atoms with van der Waals surface area (Å²) >= 11 is 0. The number of hydrogen-bond donors (Lipinski definition) is 4. The second-order valence-electron chi connectivity index (χ2n) is 7.77. The summed E-state index contributed by atoms with van der Waals surface area (Å²) in [5.74, 6) is -1.51. The van der Waals surface area contributed by atoms with Crippen molar-refractivity contribution in [3.8, 4) is 0 Å². The van der Waals surface area contributed by atoms with Crippen molar-refractivity contribution in [1.29, 1.82) is 5.41 Å². The minimum Gasteiger partial charge on any atom is -0.396 e. The van der Waals surface area contributed by atoms with Gasteiger partial charge in [-0.05, 0) is 21.9 Å². The van der Waals surface area contributed by atoms with Crippen molar-refractivity contribution in [2.45, 2.75) is 13.1 Å². The minimum atomic E-state index is -0.856. The molecule has 0 aliphatic heterocycles. The van der Waals surface area contributed by atoms with Crippen LogP contribution in [-0.2, 0) is 22.7 Å². The van der Waals surface area contributed by atoms with Gasteiger partial charge in [0.2, 0.25) is 0 Å². The Morgan fingerprint density at radius 2 is 1.65 bits per heavy atom. The van der Waals surface area contributed by atoms with Crippen LogP contribution in [0.5, 0.6) is 0 Å². The first kappa shape index (κ1) is 22.5. The molecule has 0 unspecified atom stereocenters. The Morgan fingerprint density at radius 3 is 2.41 bits per heavy atom. The van der Waals surface area contributed by atoms with Gasteiger partial charge in [0.15, 0.2) is 0 Å². The second kappa shape index (κ2) is 9.83. The van der Waals surface area contributed by atoms with E-state index in [1.165, 1.54) is 11.1 Å². The Morgan fingerprint density at radius 1 is 0.941 bits per heavy atom. The Labute approximate surface area is 196 Å². The minimum absolute atomic E-state index is 0.0680. The first-order valence-corrected chi connectivity index (χ1v) is 10.6.